The molecule has 27 heavy (non-hydrogen) atoms. The zero-order valence-electron chi connectivity index (χ0n) is 13.8. The summed E-state index contributed by atoms with van der Waals surface area (Å²) in [5.74, 6) is 0.282. The topological polar surface area (TPSA) is 124 Å². The Labute approximate surface area is 158 Å². The number of nitrogens with zero attached hydrogens (tertiary/aromatic N) is 3. The highest BCUT2D eigenvalue weighted by Crippen LogP contribution is 2.22. The molecule has 1 aromatic carbocycles. The number of aromatic nitrogens is 2. The summed E-state index contributed by atoms with van der Waals surface area (Å²) in [5, 5.41) is 20.6. The van der Waals surface area contributed by atoms with E-state index in [9.17, 15) is 18.5 Å². The Morgan fingerprint density at radius 2 is 1.89 bits per heavy atom. The molecule has 9 nitrogen and oxygen atoms in total. The Balaban J connectivity index is 1.51. The molecular weight excluding hydrogens is 392 g/mol. The van der Waals surface area contributed by atoms with Crippen LogP contribution >= 0.6 is 11.3 Å². The molecule has 0 unspecified atom stereocenters. The van der Waals surface area contributed by atoms with E-state index in [1.54, 1.807) is 23.5 Å². The molecule has 11 heteroatoms. The summed E-state index contributed by atoms with van der Waals surface area (Å²) in [4.78, 5) is 10.9. The third-order valence-electron chi connectivity index (χ3n) is 3.42. The fraction of sp³-hybridized carbons (Fsp3) is 0.125. The minimum absolute atomic E-state index is 0.00762. The second-order valence-corrected chi connectivity index (χ2v) is 7.95. The molecule has 0 amide bonds. The first-order valence-corrected chi connectivity index (χ1v) is 10.1. The number of rotatable bonds is 8. The number of nitro benzene ring substituents is 1. The van der Waals surface area contributed by atoms with Crippen LogP contribution in [-0.4, -0.2) is 36.7 Å². The van der Waals surface area contributed by atoms with E-state index in [2.05, 4.69) is 14.9 Å². The van der Waals surface area contributed by atoms with Crippen LogP contribution in [0.5, 0.6) is 5.88 Å². The predicted octanol–water partition coefficient (Wildman–Crippen LogP) is 2.47. The number of hydrogen-bond donors (Lipinski definition) is 1. The maximum absolute atomic E-state index is 12.1. The van der Waals surface area contributed by atoms with E-state index >= 15 is 0 Å². The molecule has 0 bridgehead atoms. The second-order valence-electron chi connectivity index (χ2n) is 5.23. The van der Waals surface area contributed by atoms with Crippen LogP contribution in [0.25, 0.3) is 10.6 Å². The van der Waals surface area contributed by atoms with Gasteiger partial charge in [-0.05, 0) is 29.6 Å². The van der Waals surface area contributed by atoms with E-state index in [0.717, 1.165) is 22.7 Å². The Hall–Kier alpha value is -2.89. The van der Waals surface area contributed by atoms with Gasteiger partial charge in [-0.25, -0.2) is 13.1 Å². The van der Waals surface area contributed by atoms with Crippen molar-refractivity contribution < 1.29 is 18.1 Å². The van der Waals surface area contributed by atoms with Crippen molar-refractivity contribution in [1.29, 1.82) is 0 Å². The van der Waals surface area contributed by atoms with E-state index in [0.29, 0.717) is 0 Å². The number of benzene rings is 1. The molecular formula is C16H14N4O5S2. The van der Waals surface area contributed by atoms with Gasteiger partial charge < -0.3 is 4.74 Å². The molecule has 2 aromatic heterocycles. The summed E-state index contributed by atoms with van der Waals surface area (Å²) in [6, 6.07) is 11.9. The van der Waals surface area contributed by atoms with Crippen LogP contribution in [0, 0.1) is 10.1 Å². The van der Waals surface area contributed by atoms with Gasteiger partial charge in [0.15, 0.2) is 0 Å². The molecule has 3 rings (SSSR count). The largest absolute Gasteiger partial charge is 0.475 e. The van der Waals surface area contributed by atoms with Crippen LogP contribution in [0.1, 0.15) is 0 Å². The lowest BCUT2D eigenvalue weighted by Gasteiger charge is -2.08. The summed E-state index contributed by atoms with van der Waals surface area (Å²) in [7, 11) is -3.78. The molecule has 2 heterocycles. The van der Waals surface area contributed by atoms with Gasteiger partial charge >= 0.3 is 0 Å². The van der Waals surface area contributed by atoms with Crippen molar-refractivity contribution in [1.82, 2.24) is 14.9 Å². The average molecular weight is 406 g/mol. The maximum Gasteiger partial charge on any atom is 0.269 e. The van der Waals surface area contributed by atoms with Gasteiger partial charge in [-0.3, -0.25) is 10.1 Å². The number of thiophene rings is 1. The number of sulfonamides is 1. The Morgan fingerprint density at radius 1 is 1.11 bits per heavy atom. The van der Waals surface area contributed by atoms with E-state index in [1.807, 2.05) is 17.5 Å². The third kappa shape index (κ3) is 4.84. The van der Waals surface area contributed by atoms with E-state index < -0.39 is 14.9 Å². The smallest absolute Gasteiger partial charge is 0.269 e. The minimum atomic E-state index is -3.78. The van der Waals surface area contributed by atoms with Crippen molar-refractivity contribution in [3.63, 3.8) is 0 Å². The Bertz CT molecular complexity index is 1000. The van der Waals surface area contributed by atoms with Gasteiger partial charge in [-0.15, -0.1) is 21.5 Å². The van der Waals surface area contributed by atoms with Crippen LogP contribution in [0.2, 0.25) is 0 Å². The molecule has 0 aliphatic heterocycles. The van der Waals surface area contributed by atoms with E-state index in [-0.39, 0.29) is 29.6 Å². The Kier molecular flexibility index (Phi) is 5.74. The number of hydrogen-bond acceptors (Lipinski definition) is 8. The van der Waals surface area contributed by atoms with Gasteiger partial charge in [0.2, 0.25) is 15.9 Å². The standard InChI is InChI=1S/C16H14N4O5S2/c21-20(22)12-3-5-13(6-4-12)27(23,24)17-9-10-25-16-8-7-14(18-19-16)15-2-1-11-26-15/h1-8,11,17H,9-10H2. The second kappa shape index (κ2) is 8.20. The predicted molar refractivity (Wildman–Crippen MR) is 99.1 cm³/mol. The lowest BCUT2D eigenvalue weighted by molar-refractivity contribution is -0.384. The fourth-order valence-electron chi connectivity index (χ4n) is 2.11. The van der Waals surface area contributed by atoms with Crippen molar-refractivity contribution in [3.8, 4) is 16.5 Å². The summed E-state index contributed by atoms with van der Waals surface area (Å²) in [6.07, 6.45) is 0. The SMILES string of the molecule is O=[N+]([O-])c1ccc(S(=O)(=O)NCCOc2ccc(-c3cccs3)nn2)cc1. The molecule has 0 radical (unpaired) electrons. The minimum Gasteiger partial charge on any atom is -0.475 e. The summed E-state index contributed by atoms with van der Waals surface area (Å²) < 4.78 is 32.0. The third-order valence-corrected chi connectivity index (χ3v) is 5.78. The zero-order chi connectivity index (χ0) is 19.3. The highest BCUT2D eigenvalue weighted by atomic mass is 32.2. The normalized spacial score (nSPS) is 11.3. The zero-order valence-corrected chi connectivity index (χ0v) is 15.4. The maximum atomic E-state index is 12.1. The lowest BCUT2D eigenvalue weighted by Crippen LogP contribution is -2.28. The molecule has 3 aromatic rings. The first kappa shape index (κ1) is 18.9. The summed E-state index contributed by atoms with van der Waals surface area (Å²) >= 11 is 1.55. The van der Waals surface area contributed by atoms with Crippen molar-refractivity contribution in [2.24, 2.45) is 0 Å². The average Bonchev–Trinajstić information content (AvgIpc) is 3.20. The van der Waals surface area contributed by atoms with Crippen LogP contribution in [0.4, 0.5) is 5.69 Å². The van der Waals surface area contributed by atoms with E-state index in [4.69, 9.17) is 4.74 Å². The van der Waals surface area contributed by atoms with Gasteiger partial charge in [0.1, 0.15) is 12.3 Å². The Morgan fingerprint density at radius 3 is 2.48 bits per heavy atom. The van der Waals surface area contributed by atoms with Gasteiger partial charge in [-0.1, -0.05) is 6.07 Å². The molecule has 0 aliphatic carbocycles. The lowest BCUT2D eigenvalue weighted by atomic mass is 10.3. The van der Waals surface area contributed by atoms with Crippen LogP contribution in [0.3, 0.4) is 0 Å². The first-order valence-electron chi connectivity index (χ1n) is 7.70. The van der Waals surface area contributed by atoms with Gasteiger partial charge in [0, 0.05) is 24.7 Å². The number of non-ortho nitro benzene ring substituents is 1. The molecule has 0 saturated carbocycles. The fourth-order valence-corrected chi connectivity index (χ4v) is 3.82. The van der Waals surface area contributed by atoms with Gasteiger partial charge in [0.25, 0.3) is 5.69 Å². The molecule has 140 valence electrons. The van der Waals surface area contributed by atoms with Crippen molar-refractivity contribution in [2.75, 3.05) is 13.2 Å². The summed E-state index contributed by atoms with van der Waals surface area (Å²) in [5.41, 5.74) is 0.554. The van der Waals surface area contributed by atoms with Crippen molar-refractivity contribution in [2.45, 2.75) is 4.90 Å². The van der Waals surface area contributed by atoms with Crippen molar-refractivity contribution in [3.05, 3.63) is 64.0 Å². The molecule has 0 aliphatic rings. The van der Waals surface area contributed by atoms with E-state index in [1.165, 1.54) is 12.1 Å². The number of nitrogens with one attached hydrogen (secondary N) is 1. The highest BCUT2D eigenvalue weighted by Gasteiger charge is 2.15. The van der Waals surface area contributed by atoms with Crippen molar-refractivity contribution >= 4 is 27.0 Å². The van der Waals surface area contributed by atoms with Crippen LogP contribution < -0.4 is 9.46 Å². The molecule has 0 fully saturated rings. The number of ether oxygens (including phenoxy) is 1. The first-order chi connectivity index (χ1) is 13.0. The number of nitro groups is 1. The van der Waals surface area contributed by atoms with Gasteiger partial charge in [-0.2, -0.15) is 0 Å². The van der Waals surface area contributed by atoms with Crippen LogP contribution in [-0.2, 0) is 10.0 Å². The molecule has 0 saturated heterocycles. The highest BCUT2D eigenvalue weighted by molar-refractivity contribution is 7.89. The quantitative estimate of drug-likeness (QED) is 0.346. The van der Waals surface area contributed by atoms with Crippen LogP contribution in [0.15, 0.2) is 58.8 Å². The monoisotopic (exact) mass is 406 g/mol. The van der Waals surface area contributed by atoms with Gasteiger partial charge in [0.05, 0.1) is 14.7 Å². The molecule has 0 spiro atoms. The molecule has 0 atom stereocenters. The molecule has 1 N–H and O–H groups in total. The summed E-state index contributed by atoms with van der Waals surface area (Å²) in [6.45, 7) is 0.0624.